The molecule has 9 heteroatoms. The Kier molecular flexibility index (Phi) is 4.73. The van der Waals surface area contributed by atoms with Crippen LogP contribution < -0.4 is 0 Å². The molecule has 26 heavy (non-hydrogen) atoms. The maximum absolute atomic E-state index is 13.0. The fourth-order valence-corrected chi connectivity index (χ4v) is 3.31. The van der Waals surface area contributed by atoms with Gasteiger partial charge in [0.05, 0.1) is 9.82 Å². The molecule has 1 aliphatic carbocycles. The minimum atomic E-state index is -3.69. The molecule has 3 rings (SSSR count). The molecule has 136 valence electrons. The number of hydrogen-bond acceptors (Lipinski definition) is 6. The van der Waals surface area contributed by atoms with Crippen LogP contribution in [0.2, 0.25) is 0 Å². The number of hydrogen-bond donors (Lipinski definition) is 0. The lowest BCUT2D eigenvalue weighted by Crippen LogP contribution is -2.32. The first-order chi connectivity index (χ1) is 12.3. The first-order valence-electron chi connectivity index (χ1n) is 7.95. The van der Waals surface area contributed by atoms with Crippen LogP contribution in [0.15, 0.2) is 47.6 Å². The van der Waals surface area contributed by atoms with Gasteiger partial charge in [0.2, 0.25) is 0 Å². The first-order valence-corrected chi connectivity index (χ1v) is 9.84. The summed E-state index contributed by atoms with van der Waals surface area (Å²) in [4.78, 5) is 28.8. The summed E-state index contributed by atoms with van der Waals surface area (Å²) >= 11 is 0. The van der Waals surface area contributed by atoms with E-state index in [4.69, 9.17) is 0 Å². The Morgan fingerprint density at radius 1 is 1.35 bits per heavy atom. The molecule has 1 amide bonds. The predicted octanol–water partition coefficient (Wildman–Crippen LogP) is 2.20. The van der Waals surface area contributed by atoms with E-state index in [0.717, 1.165) is 36.8 Å². The highest BCUT2D eigenvalue weighted by Crippen LogP contribution is 2.31. The molecule has 1 aromatic carbocycles. The lowest BCUT2D eigenvalue weighted by atomic mass is 10.1. The Balaban J connectivity index is 1.99. The summed E-state index contributed by atoms with van der Waals surface area (Å²) in [7, 11) is -3.69. The van der Waals surface area contributed by atoms with Crippen LogP contribution in [0.5, 0.6) is 0 Å². The van der Waals surface area contributed by atoms with Crippen LogP contribution in [0, 0.1) is 10.1 Å². The minimum absolute atomic E-state index is 0.00425. The van der Waals surface area contributed by atoms with Crippen LogP contribution in [0.4, 0.5) is 5.69 Å². The molecule has 1 aromatic heterocycles. The molecule has 1 saturated carbocycles. The van der Waals surface area contributed by atoms with E-state index >= 15 is 0 Å². The smallest absolute Gasteiger partial charge is 0.271 e. The summed E-state index contributed by atoms with van der Waals surface area (Å²) in [6.45, 7) is 0.314. The van der Waals surface area contributed by atoms with Crippen molar-refractivity contribution in [3.8, 4) is 0 Å². The number of sulfone groups is 1. The van der Waals surface area contributed by atoms with Gasteiger partial charge in [0.1, 0.15) is 0 Å². The Morgan fingerprint density at radius 2 is 2.08 bits per heavy atom. The van der Waals surface area contributed by atoms with Gasteiger partial charge in [0, 0.05) is 48.9 Å². The minimum Gasteiger partial charge on any atom is -0.331 e. The number of nitrogens with zero attached hydrogens (tertiary/aromatic N) is 3. The van der Waals surface area contributed by atoms with Crippen molar-refractivity contribution in [2.75, 3.05) is 6.26 Å². The summed E-state index contributed by atoms with van der Waals surface area (Å²) < 4.78 is 23.7. The fourth-order valence-electron chi connectivity index (χ4n) is 2.63. The van der Waals surface area contributed by atoms with Gasteiger partial charge in [-0.15, -0.1) is 0 Å². The molecule has 0 bridgehead atoms. The Morgan fingerprint density at radius 3 is 2.62 bits per heavy atom. The lowest BCUT2D eigenvalue weighted by molar-refractivity contribution is -0.385. The molecule has 0 radical (unpaired) electrons. The molecule has 0 atom stereocenters. The van der Waals surface area contributed by atoms with E-state index in [1.54, 1.807) is 23.4 Å². The lowest BCUT2D eigenvalue weighted by Gasteiger charge is -2.22. The standard InChI is InChI=1S/C17H17N3O5S/c1-26(24,25)16-8-13(7-15(9-16)20(22)23)17(21)19(14-4-5-14)11-12-3-2-6-18-10-12/h2-3,6-10,14H,4-5,11H2,1H3. The SMILES string of the molecule is CS(=O)(=O)c1cc(C(=O)N(Cc2cccnc2)C2CC2)cc([N+](=O)[O-])c1. The Hall–Kier alpha value is -2.81. The molecule has 0 saturated heterocycles. The summed E-state index contributed by atoms with van der Waals surface area (Å²) in [5.41, 5.74) is 0.408. The average molecular weight is 375 g/mol. The second-order valence-electron chi connectivity index (χ2n) is 6.27. The number of non-ortho nitro benzene ring substituents is 1. The van der Waals surface area contributed by atoms with Gasteiger partial charge in [0.25, 0.3) is 11.6 Å². The number of benzene rings is 1. The number of pyridine rings is 1. The van der Waals surface area contributed by atoms with Crippen molar-refractivity contribution in [2.45, 2.75) is 30.3 Å². The van der Waals surface area contributed by atoms with E-state index in [-0.39, 0.29) is 16.5 Å². The largest absolute Gasteiger partial charge is 0.331 e. The average Bonchev–Trinajstić information content (AvgIpc) is 3.43. The summed E-state index contributed by atoms with van der Waals surface area (Å²) in [5, 5.41) is 11.1. The number of aromatic nitrogens is 1. The predicted molar refractivity (Wildman–Crippen MR) is 93.3 cm³/mol. The molecule has 1 heterocycles. The normalized spacial score (nSPS) is 14.0. The zero-order valence-corrected chi connectivity index (χ0v) is 14.8. The number of carbonyl (C=O) groups is 1. The van der Waals surface area contributed by atoms with Gasteiger partial charge in [-0.1, -0.05) is 6.07 Å². The second-order valence-corrected chi connectivity index (χ2v) is 8.29. The number of carbonyl (C=O) groups excluding carboxylic acids is 1. The molecular weight excluding hydrogens is 358 g/mol. The molecule has 0 unspecified atom stereocenters. The Bertz CT molecular complexity index is 956. The van der Waals surface area contributed by atoms with Crippen LogP contribution in [0.1, 0.15) is 28.8 Å². The van der Waals surface area contributed by atoms with E-state index in [1.807, 2.05) is 6.07 Å². The number of nitro benzene ring substituents is 1. The number of amides is 1. The van der Waals surface area contributed by atoms with Crippen molar-refractivity contribution in [3.63, 3.8) is 0 Å². The van der Waals surface area contributed by atoms with Gasteiger partial charge in [-0.2, -0.15) is 0 Å². The molecule has 1 aliphatic rings. The maximum atomic E-state index is 13.0. The third-order valence-corrected chi connectivity index (χ3v) is 5.19. The van der Waals surface area contributed by atoms with Crippen LogP contribution in [-0.4, -0.2) is 41.4 Å². The third kappa shape index (κ3) is 4.05. The summed E-state index contributed by atoms with van der Waals surface area (Å²) in [6, 6.07) is 6.93. The topological polar surface area (TPSA) is 110 Å². The van der Waals surface area contributed by atoms with E-state index < -0.39 is 26.4 Å². The van der Waals surface area contributed by atoms with E-state index in [9.17, 15) is 23.3 Å². The van der Waals surface area contributed by atoms with Crippen molar-refractivity contribution in [1.82, 2.24) is 9.88 Å². The third-order valence-electron chi connectivity index (χ3n) is 4.10. The number of nitro groups is 1. The molecule has 0 N–H and O–H groups in total. The van der Waals surface area contributed by atoms with Crippen molar-refractivity contribution < 1.29 is 18.1 Å². The van der Waals surface area contributed by atoms with Crippen molar-refractivity contribution >= 4 is 21.4 Å². The van der Waals surface area contributed by atoms with Crippen molar-refractivity contribution in [1.29, 1.82) is 0 Å². The highest BCUT2D eigenvalue weighted by atomic mass is 32.2. The molecule has 2 aromatic rings. The van der Waals surface area contributed by atoms with E-state index in [1.165, 1.54) is 6.07 Å². The molecule has 0 aliphatic heterocycles. The summed E-state index contributed by atoms with van der Waals surface area (Å²) in [5.74, 6) is -0.426. The second kappa shape index (κ2) is 6.83. The van der Waals surface area contributed by atoms with Gasteiger partial charge in [0.15, 0.2) is 9.84 Å². The molecule has 8 nitrogen and oxygen atoms in total. The van der Waals surface area contributed by atoms with E-state index in [0.29, 0.717) is 6.54 Å². The highest BCUT2D eigenvalue weighted by Gasteiger charge is 2.34. The van der Waals surface area contributed by atoms with Crippen LogP contribution in [0.25, 0.3) is 0 Å². The molecule has 1 fully saturated rings. The van der Waals surface area contributed by atoms with Crippen LogP contribution in [0.3, 0.4) is 0 Å². The van der Waals surface area contributed by atoms with Crippen LogP contribution >= 0.6 is 0 Å². The first kappa shape index (κ1) is 18.0. The van der Waals surface area contributed by atoms with Gasteiger partial charge in [-0.25, -0.2) is 8.42 Å². The maximum Gasteiger partial charge on any atom is 0.271 e. The zero-order valence-electron chi connectivity index (χ0n) is 14.0. The van der Waals surface area contributed by atoms with Gasteiger partial charge >= 0.3 is 0 Å². The van der Waals surface area contributed by atoms with Gasteiger partial charge in [-0.05, 0) is 30.5 Å². The van der Waals surface area contributed by atoms with Crippen molar-refractivity contribution in [2.24, 2.45) is 0 Å². The Labute approximate surface area is 150 Å². The quantitative estimate of drug-likeness (QED) is 0.565. The van der Waals surface area contributed by atoms with E-state index in [2.05, 4.69) is 4.98 Å². The molecular formula is C17H17N3O5S. The summed E-state index contributed by atoms with van der Waals surface area (Å²) in [6.07, 6.45) is 5.93. The van der Waals surface area contributed by atoms with Gasteiger partial charge < -0.3 is 4.90 Å². The van der Waals surface area contributed by atoms with Crippen LogP contribution in [-0.2, 0) is 16.4 Å². The van der Waals surface area contributed by atoms with Gasteiger partial charge in [-0.3, -0.25) is 19.9 Å². The fraction of sp³-hybridized carbons (Fsp3) is 0.294. The van der Waals surface area contributed by atoms with Crippen molar-refractivity contribution in [3.05, 3.63) is 64.0 Å². The highest BCUT2D eigenvalue weighted by molar-refractivity contribution is 7.90. The molecule has 0 spiro atoms. The number of rotatable bonds is 6. The monoisotopic (exact) mass is 375 g/mol. The zero-order chi connectivity index (χ0) is 18.9.